The second-order valence-corrected chi connectivity index (χ2v) is 9.60. The van der Waals surface area contributed by atoms with E-state index in [4.69, 9.17) is 19.0 Å². The van der Waals surface area contributed by atoms with Gasteiger partial charge in [-0.15, -0.1) is 0 Å². The molecule has 33 heavy (non-hydrogen) atoms. The van der Waals surface area contributed by atoms with Gasteiger partial charge >= 0.3 is 17.9 Å². The fourth-order valence-electron chi connectivity index (χ4n) is 6.48. The molecule has 0 bridgehead atoms. The van der Waals surface area contributed by atoms with E-state index in [0.29, 0.717) is 18.6 Å². The summed E-state index contributed by atoms with van der Waals surface area (Å²) >= 11 is 0. The highest BCUT2D eigenvalue weighted by atomic mass is 16.6. The van der Waals surface area contributed by atoms with Gasteiger partial charge in [0.25, 0.3) is 0 Å². The first kappa shape index (κ1) is 23.3. The normalized spacial score (nSPS) is 33.4. The molecule has 178 valence electrons. The molecule has 0 heterocycles. The number of hydrogen-bond acceptors (Lipinski definition) is 8. The maximum absolute atomic E-state index is 11.9. The molecule has 6 atom stereocenters. The quantitative estimate of drug-likeness (QED) is 0.386. The van der Waals surface area contributed by atoms with Gasteiger partial charge in [0, 0.05) is 31.7 Å². The van der Waals surface area contributed by atoms with Gasteiger partial charge in [0.2, 0.25) is 0 Å². The highest BCUT2D eigenvalue weighted by Crippen LogP contribution is 2.62. The van der Waals surface area contributed by atoms with Crippen molar-refractivity contribution in [3.05, 3.63) is 29.3 Å². The van der Waals surface area contributed by atoms with Crippen LogP contribution < -0.4 is 4.74 Å². The Morgan fingerprint density at radius 1 is 1.06 bits per heavy atom. The van der Waals surface area contributed by atoms with Gasteiger partial charge in [0.05, 0.1) is 5.71 Å². The molecule has 2 fully saturated rings. The molecule has 3 aliphatic carbocycles. The molecule has 0 amide bonds. The molecule has 1 aromatic rings. The molecule has 4 rings (SSSR count). The third-order valence-corrected chi connectivity index (χ3v) is 7.59. The standard InChI is InChI=1S/C25H31NO7/c1-13(27)31-16-6-7-17-18-8-9-25(4)21(19(18)11-22(26-30-5)20(17)10-16)12-23(32-14(2)28)24(25)33-15(3)29/h6-7,10,18-19,21,23-24H,8-9,11-12H2,1-5H3/b26-22+/t18-,19-,21+,23-,24+,25+/m1/s1. The van der Waals surface area contributed by atoms with Gasteiger partial charge in [-0.25, -0.2) is 0 Å². The molecular formula is C25H31NO7. The molecule has 1 aromatic carbocycles. The summed E-state index contributed by atoms with van der Waals surface area (Å²) in [6, 6.07) is 5.69. The molecule has 8 nitrogen and oxygen atoms in total. The average Bonchev–Trinajstić information content (AvgIpc) is 2.99. The van der Waals surface area contributed by atoms with Gasteiger partial charge in [-0.3, -0.25) is 14.4 Å². The molecule has 0 spiro atoms. The first-order chi connectivity index (χ1) is 15.6. The number of nitrogens with zero attached hydrogens (tertiary/aromatic N) is 1. The minimum Gasteiger partial charge on any atom is -0.459 e. The lowest BCUT2D eigenvalue weighted by Gasteiger charge is -2.50. The van der Waals surface area contributed by atoms with Crippen LogP contribution in [0.15, 0.2) is 23.4 Å². The summed E-state index contributed by atoms with van der Waals surface area (Å²) in [6.45, 7) is 6.31. The van der Waals surface area contributed by atoms with Crippen LogP contribution in [0.3, 0.4) is 0 Å². The lowest BCUT2D eigenvalue weighted by Crippen LogP contribution is -2.47. The Bertz CT molecular complexity index is 1000. The highest BCUT2D eigenvalue weighted by molar-refractivity contribution is 6.03. The number of hydrogen-bond donors (Lipinski definition) is 0. The van der Waals surface area contributed by atoms with Crippen molar-refractivity contribution in [3.63, 3.8) is 0 Å². The van der Waals surface area contributed by atoms with Crippen molar-refractivity contribution in [1.29, 1.82) is 0 Å². The molecule has 0 radical (unpaired) electrons. The van der Waals surface area contributed by atoms with Gasteiger partial charge < -0.3 is 19.0 Å². The highest BCUT2D eigenvalue weighted by Gasteiger charge is 2.61. The van der Waals surface area contributed by atoms with Crippen LogP contribution >= 0.6 is 0 Å². The Balaban J connectivity index is 1.72. The van der Waals surface area contributed by atoms with E-state index in [9.17, 15) is 14.4 Å². The number of carbonyl (C=O) groups excluding carboxylic acids is 3. The van der Waals surface area contributed by atoms with Gasteiger partial charge in [-0.1, -0.05) is 18.1 Å². The molecule has 0 N–H and O–H groups in total. The smallest absolute Gasteiger partial charge is 0.308 e. The zero-order valence-corrected chi connectivity index (χ0v) is 19.8. The van der Waals surface area contributed by atoms with Crippen LogP contribution in [-0.2, 0) is 28.7 Å². The number of rotatable bonds is 4. The van der Waals surface area contributed by atoms with E-state index in [-0.39, 0.29) is 41.1 Å². The zero-order chi connectivity index (χ0) is 23.9. The Morgan fingerprint density at radius 3 is 2.42 bits per heavy atom. The fourth-order valence-corrected chi connectivity index (χ4v) is 6.48. The predicted molar refractivity (Wildman–Crippen MR) is 119 cm³/mol. The SMILES string of the molecule is CO/N=C1\C[C@@H]2[C@H](CC[C@@]3(C)[C@H]2C[C@@H](OC(C)=O)[C@@H]3OC(C)=O)c2ccc(OC(C)=O)cc21. The van der Waals surface area contributed by atoms with Crippen molar-refractivity contribution in [2.24, 2.45) is 22.4 Å². The van der Waals surface area contributed by atoms with E-state index < -0.39 is 12.2 Å². The summed E-state index contributed by atoms with van der Waals surface area (Å²) in [5, 5.41) is 4.31. The molecule has 3 aliphatic rings. The van der Waals surface area contributed by atoms with Crippen LogP contribution in [0.5, 0.6) is 5.75 Å². The van der Waals surface area contributed by atoms with Crippen LogP contribution in [-0.4, -0.2) is 42.9 Å². The van der Waals surface area contributed by atoms with Gasteiger partial charge in [-0.05, 0) is 61.1 Å². The first-order valence-corrected chi connectivity index (χ1v) is 11.4. The van der Waals surface area contributed by atoms with Crippen molar-refractivity contribution >= 4 is 23.6 Å². The van der Waals surface area contributed by atoms with Crippen molar-refractivity contribution in [1.82, 2.24) is 0 Å². The minimum absolute atomic E-state index is 0.174. The van der Waals surface area contributed by atoms with E-state index in [1.165, 1.54) is 27.9 Å². The topological polar surface area (TPSA) is 100 Å². The summed E-state index contributed by atoms with van der Waals surface area (Å²) in [5.74, 6) is 0.0430. The number of fused-ring (bicyclic) bond motifs is 5. The molecule has 0 unspecified atom stereocenters. The maximum Gasteiger partial charge on any atom is 0.308 e. The van der Waals surface area contributed by atoms with Crippen molar-refractivity contribution in [3.8, 4) is 5.75 Å². The molecule has 8 heteroatoms. The summed E-state index contributed by atoms with van der Waals surface area (Å²) in [5.41, 5.74) is 2.58. The Labute approximate surface area is 193 Å². The molecule has 2 saturated carbocycles. The fraction of sp³-hybridized carbons (Fsp3) is 0.600. The van der Waals surface area contributed by atoms with E-state index in [2.05, 4.69) is 12.1 Å². The minimum atomic E-state index is -0.472. The van der Waals surface area contributed by atoms with Crippen LogP contribution in [0.1, 0.15) is 70.4 Å². The lowest BCUT2D eigenvalue weighted by atomic mass is 9.55. The van der Waals surface area contributed by atoms with Crippen molar-refractivity contribution in [2.75, 3.05) is 7.11 Å². The summed E-state index contributed by atoms with van der Waals surface area (Å²) in [6.07, 6.45) is 2.13. The number of carbonyl (C=O) groups is 3. The van der Waals surface area contributed by atoms with E-state index in [1.807, 2.05) is 18.2 Å². The molecule has 0 aromatic heterocycles. The van der Waals surface area contributed by atoms with Crippen LogP contribution in [0, 0.1) is 17.3 Å². The van der Waals surface area contributed by atoms with Crippen LogP contribution in [0.2, 0.25) is 0 Å². The third kappa shape index (κ3) is 4.23. The predicted octanol–water partition coefficient (Wildman–Crippen LogP) is 3.75. The van der Waals surface area contributed by atoms with E-state index >= 15 is 0 Å². The molecule has 0 saturated heterocycles. The third-order valence-electron chi connectivity index (χ3n) is 7.59. The average molecular weight is 458 g/mol. The van der Waals surface area contributed by atoms with E-state index in [1.54, 1.807) is 0 Å². The molecule has 0 aliphatic heterocycles. The molecular weight excluding hydrogens is 426 g/mol. The van der Waals surface area contributed by atoms with Crippen LogP contribution in [0.4, 0.5) is 0 Å². The summed E-state index contributed by atoms with van der Waals surface area (Å²) < 4.78 is 16.7. The van der Waals surface area contributed by atoms with Gasteiger partial charge in [0.1, 0.15) is 25.1 Å². The Morgan fingerprint density at radius 2 is 1.79 bits per heavy atom. The monoisotopic (exact) mass is 457 g/mol. The maximum atomic E-state index is 11.9. The van der Waals surface area contributed by atoms with Gasteiger partial charge in [0.15, 0.2) is 0 Å². The zero-order valence-electron chi connectivity index (χ0n) is 19.8. The van der Waals surface area contributed by atoms with Crippen molar-refractivity contribution < 1.29 is 33.4 Å². The Kier molecular flexibility index (Phi) is 6.20. The number of esters is 3. The largest absolute Gasteiger partial charge is 0.459 e. The number of benzene rings is 1. The van der Waals surface area contributed by atoms with Gasteiger partial charge in [-0.2, -0.15) is 0 Å². The Hall–Kier alpha value is -2.90. The second-order valence-electron chi connectivity index (χ2n) is 9.60. The van der Waals surface area contributed by atoms with Crippen LogP contribution in [0.25, 0.3) is 0 Å². The second kappa shape index (κ2) is 8.80. The number of ether oxygens (including phenoxy) is 3. The lowest BCUT2D eigenvalue weighted by molar-refractivity contribution is -0.171. The number of oxime groups is 1. The summed E-state index contributed by atoms with van der Waals surface area (Å²) in [7, 11) is 1.52. The van der Waals surface area contributed by atoms with Crippen molar-refractivity contribution in [2.45, 2.75) is 71.5 Å². The van der Waals surface area contributed by atoms with E-state index in [0.717, 1.165) is 29.7 Å². The summed E-state index contributed by atoms with van der Waals surface area (Å²) in [4.78, 5) is 40.3. The first-order valence-electron chi connectivity index (χ1n) is 11.4.